The second kappa shape index (κ2) is 10.9. The molecule has 1 N–H and O–H groups in total. The van der Waals surface area contributed by atoms with Crippen LogP contribution in [-0.2, 0) is 16.6 Å². The maximum Gasteiger partial charge on any atom is 0.337 e. The number of halogens is 1. The molecule has 0 bridgehead atoms. The first-order chi connectivity index (χ1) is 20.4. The van der Waals surface area contributed by atoms with E-state index < -0.39 is 17.7 Å². The topological polar surface area (TPSA) is 90.1 Å². The van der Waals surface area contributed by atoms with Gasteiger partial charge in [-0.25, -0.2) is 9.78 Å². The van der Waals surface area contributed by atoms with Crippen molar-refractivity contribution in [2.24, 2.45) is 7.05 Å². The molecule has 0 aliphatic heterocycles. The van der Waals surface area contributed by atoms with Gasteiger partial charge in [-0.15, -0.1) is 11.3 Å². The second-order valence-electron chi connectivity index (χ2n) is 11.8. The van der Waals surface area contributed by atoms with E-state index in [0.29, 0.717) is 10.6 Å². The highest BCUT2D eigenvalue weighted by Gasteiger charge is 2.32. The van der Waals surface area contributed by atoms with Crippen LogP contribution in [0.4, 0.5) is 0 Å². The first-order valence-electron chi connectivity index (χ1n) is 13.9. The van der Waals surface area contributed by atoms with Gasteiger partial charge in [-0.3, -0.25) is 9.67 Å². The minimum absolute atomic E-state index is 0.601. The van der Waals surface area contributed by atoms with Crippen molar-refractivity contribution in [3.05, 3.63) is 88.7 Å². The molecule has 0 aliphatic carbocycles. The number of carboxylic acid groups (broad SMARTS) is 1. The Balaban J connectivity index is 1.54. The lowest BCUT2D eigenvalue weighted by atomic mass is 9.91. The van der Waals surface area contributed by atoms with Crippen LogP contribution in [0.25, 0.3) is 54.1 Å². The van der Waals surface area contributed by atoms with Crippen molar-refractivity contribution >= 4 is 50.0 Å². The van der Waals surface area contributed by atoms with Gasteiger partial charge < -0.3 is 9.84 Å². The third kappa shape index (κ3) is 5.66. The first-order valence-corrected chi connectivity index (χ1v) is 15.1. The molecule has 0 saturated heterocycles. The predicted molar refractivity (Wildman–Crippen MR) is 174 cm³/mol. The Hall–Kier alpha value is -4.11. The minimum Gasteiger partial charge on any atom is -0.479 e. The molecule has 43 heavy (non-hydrogen) atoms. The van der Waals surface area contributed by atoms with E-state index >= 15 is 0 Å². The lowest BCUT2D eigenvalue weighted by molar-refractivity contribution is -0.160. The molecule has 0 radical (unpaired) electrons. The van der Waals surface area contributed by atoms with Crippen LogP contribution < -0.4 is 0 Å². The molecular weight excluding hydrogens is 580 g/mol. The van der Waals surface area contributed by atoms with Crippen LogP contribution in [-0.4, -0.2) is 36.4 Å². The molecule has 9 heteroatoms. The van der Waals surface area contributed by atoms with Crippen LogP contribution in [0, 0.1) is 13.8 Å². The Morgan fingerprint density at radius 2 is 1.72 bits per heavy atom. The van der Waals surface area contributed by atoms with Crippen LogP contribution in [0.1, 0.15) is 43.6 Å². The maximum absolute atomic E-state index is 12.6. The van der Waals surface area contributed by atoms with Gasteiger partial charge >= 0.3 is 5.97 Å². The summed E-state index contributed by atoms with van der Waals surface area (Å²) in [5.41, 5.74) is 8.01. The SMILES string of the molecule is Cc1cc2nn(C)cc2cc1-c1cc(-c2nc3cc(C)c(C(OC(C)(C)C)C(=O)O)c(-c4ccc(Cl)cc4)c3s2)ccn1. The number of benzene rings is 3. The highest BCUT2D eigenvalue weighted by molar-refractivity contribution is 7.22. The molecule has 3 aromatic heterocycles. The normalized spacial score (nSPS) is 12.7. The van der Waals surface area contributed by atoms with Crippen molar-refractivity contribution in [2.45, 2.75) is 46.3 Å². The molecule has 1 unspecified atom stereocenters. The standard InChI is InChI=1S/C34H31ClN4O3S/c1-18-13-25-22(17-39(6)38-25)15-24(18)26-16-21(11-12-36-26)32-37-27-14-19(2)28(30(33(40)41)42-34(3,4)5)29(31(27)43-32)20-7-9-23(35)10-8-20/h7-17,30H,1-6H3,(H,40,41). The molecule has 3 aromatic carbocycles. The molecule has 0 aliphatic rings. The number of rotatable bonds is 6. The molecular formula is C34H31ClN4O3S. The van der Waals surface area contributed by atoms with Crippen molar-refractivity contribution in [1.29, 1.82) is 0 Å². The summed E-state index contributed by atoms with van der Waals surface area (Å²) < 4.78 is 8.84. The third-order valence-electron chi connectivity index (χ3n) is 7.27. The number of hydrogen-bond donors (Lipinski definition) is 1. The van der Waals surface area contributed by atoms with Crippen LogP contribution in [0.15, 0.2) is 67.0 Å². The molecule has 218 valence electrons. The van der Waals surface area contributed by atoms with Gasteiger partial charge in [0.2, 0.25) is 0 Å². The summed E-state index contributed by atoms with van der Waals surface area (Å²) in [4.78, 5) is 22.4. The number of hydrogen-bond acceptors (Lipinski definition) is 6. The van der Waals surface area contributed by atoms with Crippen LogP contribution in [0.5, 0.6) is 0 Å². The molecule has 0 amide bonds. The Kier molecular flexibility index (Phi) is 7.32. The molecule has 6 aromatic rings. The monoisotopic (exact) mass is 610 g/mol. The summed E-state index contributed by atoms with van der Waals surface area (Å²) in [5, 5.41) is 17.3. The average molecular weight is 611 g/mol. The first kappa shape index (κ1) is 29.0. The Morgan fingerprint density at radius 1 is 1.00 bits per heavy atom. The fourth-order valence-corrected chi connectivity index (χ4v) is 6.70. The summed E-state index contributed by atoms with van der Waals surface area (Å²) >= 11 is 7.77. The fraction of sp³-hybridized carbons (Fsp3) is 0.235. The van der Waals surface area contributed by atoms with Crippen LogP contribution in [0.2, 0.25) is 5.02 Å². The molecule has 1 atom stereocenters. The zero-order chi connectivity index (χ0) is 30.6. The van der Waals surface area contributed by atoms with E-state index in [0.717, 1.165) is 65.2 Å². The molecule has 0 fully saturated rings. The van der Waals surface area contributed by atoms with Gasteiger partial charge in [0.1, 0.15) is 5.01 Å². The molecule has 6 rings (SSSR count). The average Bonchev–Trinajstić information content (AvgIpc) is 3.52. The van der Waals surface area contributed by atoms with Gasteiger partial charge in [0, 0.05) is 52.1 Å². The summed E-state index contributed by atoms with van der Waals surface area (Å²) in [7, 11) is 1.92. The summed E-state index contributed by atoms with van der Waals surface area (Å²) in [6, 6.07) is 17.6. The van der Waals surface area contributed by atoms with E-state index in [2.05, 4.69) is 30.2 Å². The third-order valence-corrected chi connectivity index (χ3v) is 8.66. The van der Waals surface area contributed by atoms with E-state index in [1.165, 1.54) is 11.3 Å². The number of aryl methyl sites for hydroxylation is 3. The number of ether oxygens (including phenoxy) is 1. The van der Waals surface area contributed by atoms with E-state index in [1.54, 1.807) is 6.20 Å². The quantitative estimate of drug-likeness (QED) is 0.203. The van der Waals surface area contributed by atoms with Gasteiger partial charge in [-0.2, -0.15) is 5.10 Å². The molecule has 0 saturated carbocycles. The van der Waals surface area contributed by atoms with Gasteiger partial charge in [0.25, 0.3) is 0 Å². The lowest BCUT2D eigenvalue weighted by Crippen LogP contribution is -2.28. The zero-order valence-corrected chi connectivity index (χ0v) is 26.3. The van der Waals surface area contributed by atoms with Crippen molar-refractivity contribution in [1.82, 2.24) is 19.7 Å². The fourth-order valence-electron chi connectivity index (χ4n) is 5.45. The smallest absolute Gasteiger partial charge is 0.337 e. The highest BCUT2D eigenvalue weighted by atomic mass is 35.5. The van der Waals surface area contributed by atoms with Crippen molar-refractivity contribution in [3.63, 3.8) is 0 Å². The number of aromatic nitrogens is 4. The van der Waals surface area contributed by atoms with Crippen molar-refractivity contribution in [2.75, 3.05) is 0 Å². The number of pyridine rings is 1. The molecule has 7 nitrogen and oxygen atoms in total. The Bertz CT molecular complexity index is 2020. The van der Waals surface area contributed by atoms with E-state index in [4.69, 9.17) is 26.3 Å². The second-order valence-corrected chi connectivity index (χ2v) is 13.2. The van der Waals surface area contributed by atoms with Crippen molar-refractivity contribution in [3.8, 4) is 33.0 Å². The summed E-state index contributed by atoms with van der Waals surface area (Å²) in [6.45, 7) is 9.56. The molecule has 0 spiro atoms. The van der Waals surface area contributed by atoms with Gasteiger partial charge in [0.05, 0.1) is 27.0 Å². The van der Waals surface area contributed by atoms with Gasteiger partial charge in [-0.05, 0) is 93.8 Å². The predicted octanol–water partition coefficient (Wildman–Crippen LogP) is 8.79. The zero-order valence-electron chi connectivity index (χ0n) is 24.8. The van der Waals surface area contributed by atoms with Gasteiger partial charge in [0.15, 0.2) is 6.10 Å². The van der Waals surface area contributed by atoms with E-state index in [1.807, 2.05) is 82.0 Å². The number of nitrogens with zero attached hydrogens (tertiary/aromatic N) is 4. The van der Waals surface area contributed by atoms with E-state index in [-0.39, 0.29) is 0 Å². The maximum atomic E-state index is 12.6. The number of thiazole rings is 1. The largest absolute Gasteiger partial charge is 0.479 e. The van der Waals surface area contributed by atoms with E-state index in [9.17, 15) is 9.90 Å². The highest BCUT2D eigenvalue weighted by Crippen LogP contribution is 2.44. The Morgan fingerprint density at radius 3 is 2.42 bits per heavy atom. The van der Waals surface area contributed by atoms with Crippen LogP contribution >= 0.6 is 22.9 Å². The molecule has 3 heterocycles. The number of aliphatic carboxylic acids is 1. The Labute approximate surface area is 258 Å². The number of carboxylic acids is 1. The lowest BCUT2D eigenvalue weighted by Gasteiger charge is -2.28. The number of fused-ring (bicyclic) bond motifs is 2. The minimum atomic E-state index is -1.17. The number of carbonyl (C=O) groups is 1. The summed E-state index contributed by atoms with van der Waals surface area (Å²) in [6.07, 6.45) is 2.64. The van der Waals surface area contributed by atoms with Gasteiger partial charge in [-0.1, -0.05) is 23.7 Å². The van der Waals surface area contributed by atoms with Crippen molar-refractivity contribution < 1.29 is 14.6 Å². The summed E-state index contributed by atoms with van der Waals surface area (Å²) in [5.74, 6) is -1.04. The van der Waals surface area contributed by atoms with Crippen LogP contribution in [0.3, 0.4) is 0 Å².